The van der Waals surface area contributed by atoms with Gasteiger partial charge in [-0.1, -0.05) is 12.8 Å². The van der Waals surface area contributed by atoms with E-state index < -0.39 is 5.97 Å². The van der Waals surface area contributed by atoms with Gasteiger partial charge in [0, 0.05) is 0 Å². The average molecular weight is 140 g/mol. The van der Waals surface area contributed by atoms with Crippen molar-refractivity contribution >= 4 is 29.0 Å². The van der Waals surface area contributed by atoms with Gasteiger partial charge in [0.2, 0.25) is 0 Å². The molecule has 0 radical (unpaired) electrons. The first-order chi connectivity index (χ1) is 3.80. The first-order valence-corrected chi connectivity index (χ1v) is 3.03. The van der Waals surface area contributed by atoms with Crippen molar-refractivity contribution in [2.45, 2.75) is 25.7 Å². The van der Waals surface area contributed by atoms with Crippen LogP contribution in [0.3, 0.4) is 0 Å². The highest BCUT2D eigenvalue weighted by Crippen LogP contribution is 2.24. The smallest absolute Gasteiger partial charge is 0.316 e. The summed E-state index contributed by atoms with van der Waals surface area (Å²) in [5, 5.41) is 8.41. The number of hydrogen-bond donors (Lipinski definition) is 1. The summed E-state index contributed by atoms with van der Waals surface area (Å²) in [4.78, 5) is 10.2. The van der Waals surface area contributed by atoms with Gasteiger partial charge in [0.15, 0.2) is 0 Å². The third kappa shape index (κ3) is 2.54. The maximum absolute atomic E-state index is 10.2. The zero-order valence-electron chi connectivity index (χ0n) is 4.76. The predicted molar refractivity (Wildman–Crippen MR) is 38.1 cm³/mol. The maximum atomic E-state index is 10.2. The number of aliphatic carboxylic acids is 1. The van der Waals surface area contributed by atoms with Gasteiger partial charge < -0.3 is 5.11 Å². The minimum Gasteiger partial charge on any atom is -0.481 e. The van der Waals surface area contributed by atoms with Crippen LogP contribution < -0.4 is 0 Å². The van der Waals surface area contributed by atoms with Crippen LogP contribution in [0.1, 0.15) is 25.7 Å². The molecular formula is C6H12MgO2. The van der Waals surface area contributed by atoms with Crippen molar-refractivity contribution in [3.05, 3.63) is 0 Å². The Morgan fingerprint density at radius 2 is 1.78 bits per heavy atom. The summed E-state index contributed by atoms with van der Waals surface area (Å²) in [6.45, 7) is 0. The van der Waals surface area contributed by atoms with E-state index in [2.05, 4.69) is 0 Å². The minimum absolute atomic E-state index is 0. The van der Waals surface area contributed by atoms with Crippen LogP contribution in [-0.4, -0.2) is 34.1 Å². The lowest BCUT2D eigenvalue weighted by molar-refractivity contribution is -0.141. The van der Waals surface area contributed by atoms with Crippen LogP contribution in [0.5, 0.6) is 0 Å². The Labute approximate surface area is 70.8 Å². The minimum atomic E-state index is -0.609. The molecule has 1 N–H and O–H groups in total. The summed E-state index contributed by atoms with van der Waals surface area (Å²) >= 11 is 0. The van der Waals surface area contributed by atoms with E-state index in [0.29, 0.717) is 0 Å². The van der Waals surface area contributed by atoms with Gasteiger partial charge in [-0.05, 0) is 12.8 Å². The number of carboxylic acid groups (broad SMARTS) is 1. The topological polar surface area (TPSA) is 37.3 Å². The lowest BCUT2D eigenvalue weighted by Gasteiger charge is -1.97. The SMILES string of the molecule is O=C(O)C1CCCC1.[MgH2]. The van der Waals surface area contributed by atoms with Crippen LogP contribution in [0.25, 0.3) is 0 Å². The molecule has 50 valence electrons. The third-order valence-electron chi connectivity index (χ3n) is 1.70. The number of carbonyl (C=O) groups is 1. The van der Waals surface area contributed by atoms with E-state index in [1.54, 1.807) is 0 Å². The molecule has 1 aliphatic rings. The molecule has 0 aliphatic heterocycles. The molecule has 1 aliphatic carbocycles. The first-order valence-electron chi connectivity index (χ1n) is 3.03. The van der Waals surface area contributed by atoms with E-state index in [1.165, 1.54) is 0 Å². The van der Waals surface area contributed by atoms with Crippen LogP contribution in [0.15, 0.2) is 0 Å². The van der Waals surface area contributed by atoms with E-state index in [9.17, 15) is 4.79 Å². The van der Waals surface area contributed by atoms with Gasteiger partial charge in [-0.2, -0.15) is 0 Å². The van der Waals surface area contributed by atoms with Gasteiger partial charge in [-0.15, -0.1) is 0 Å². The van der Waals surface area contributed by atoms with Crippen molar-refractivity contribution in [1.82, 2.24) is 0 Å². The van der Waals surface area contributed by atoms with Gasteiger partial charge in [0.1, 0.15) is 0 Å². The van der Waals surface area contributed by atoms with Gasteiger partial charge in [-0.25, -0.2) is 0 Å². The lowest BCUT2D eigenvalue weighted by atomic mass is 10.1. The molecule has 2 nitrogen and oxygen atoms in total. The molecule has 0 amide bonds. The van der Waals surface area contributed by atoms with Crippen LogP contribution in [0.2, 0.25) is 0 Å². The molecule has 0 aromatic heterocycles. The van der Waals surface area contributed by atoms with Crippen molar-refractivity contribution in [2.24, 2.45) is 5.92 Å². The highest BCUT2D eigenvalue weighted by Gasteiger charge is 2.20. The van der Waals surface area contributed by atoms with Crippen molar-refractivity contribution in [2.75, 3.05) is 0 Å². The maximum Gasteiger partial charge on any atom is 0.316 e. The standard InChI is InChI=1S/C6H10O2.Mg.2H/c7-6(8)5-3-1-2-4-5;;;/h5H,1-4H2,(H,7,8);;;. The summed E-state index contributed by atoms with van der Waals surface area (Å²) in [5.74, 6) is -0.627. The fourth-order valence-corrected chi connectivity index (χ4v) is 1.17. The van der Waals surface area contributed by atoms with Gasteiger partial charge >= 0.3 is 29.0 Å². The highest BCUT2D eigenvalue weighted by molar-refractivity contribution is 5.75. The highest BCUT2D eigenvalue weighted by atomic mass is 24.3. The zero-order valence-corrected chi connectivity index (χ0v) is 4.76. The molecular weight excluding hydrogens is 128 g/mol. The largest absolute Gasteiger partial charge is 0.481 e. The number of hydrogen-bond acceptors (Lipinski definition) is 1. The van der Waals surface area contributed by atoms with E-state index in [4.69, 9.17) is 5.11 Å². The summed E-state index contributed by atoms with van der Waals surface area (Å²) in [6.07, 6.45) is 4.01. The molecule has 3 heteroatoms. The van der Waals surface area contributed by atoms with E-state index in [-0.39, 0.29) is 29.0 Å². The molecule has 0 atom stereocenters. The fraction of sp³-hybridized carbons (Fsp3) is 0.833. The van der Waals surface area contributed by atoms with Crippen molar-refractivity contribution in [3.63, 3.8) is 0 Å². The second kappa shape index (κ2) is 4.12. The van der Waals surface area contributed by atoms with Crippen molar-refractivity contribution in [3.8, 4) is 0 Å². The number of carboxylic acids is 1. The van der Waals surface area contributed by atoms with Crippen molar-refractivity contribution < 1.29 is 9.90 Å². The molecule has 1 rings (SSSR count). The Kier molecular flexibility index (Phi) is 4.22. The molecule has 0 aromatic carbocycles. The zero-order chi connectivity index (χ0) is 5.98. The van der Waals surface area contributed by atoms with E-state index >= 15 is 0 Å². The molecule has 0 spiro atoms. The van der Waals surface area contributed by atoms with Gasteiger partial charge in [0.05, 0.1) is 5.92 Å². The monoisotopic (exact) mass is 140 g/mol. The fourth-order valence-electron chi connectivity index (χ4n) is 1.17. The molecule has 9 heavy (non-hydrogen) atoms. The van der Waals surface area contributed by atoms with Crippen LogP contribution in [0.4, 0.5) is 0 Å². The Hall–Kier alpha value is 0.236. The summed E-state index contributed by atoms with van der Waals surface area (Å²) in [7, 11) is 0. The summed E-state index contributed by atoms with van der Waals surface area (Å²) in [5.41, 5.74) is 0. The number of rotatable bonds is 1. The molecule has 1 saturated carbocycles. The Balaban J connectivity index is 0.000000640. The van der Waals surface area contributed by atoms with Crippen LogP contribution in [-0.2, 0) is 4.79 Å². The first kappa shape index (κ1) is 9.24. The van der Waals surface area contributed by atoms with E-state index in [0.717, 1.165) is 25.7 Å². The molecule has 1 fully saturated rings. The van der Waals surface area contributed by atoms with Crippen molar-refractivity contribution in [1.29, 1.82) is 0 Å². The quantitative estimate of drug-likeness (QED) is 0.534. The third-order valence-corrected chi connectivity index (χ3v) is 1.70. The second-order valence-corrected chi connectivity index (χ2v) is 2.32. The normalized spacial score (nSPS) is 19.1. The summed E-state index contributed by atoms with van der Waals surface area (Å²) in [6, 6.07) is 0. The molecule has 0 heterocycles. The second-order valence-electron chi connectivity index (χ2n) is 2.32. The van der Waals surface area contributed by atoms with Crippen LogP contribution in [0, 0.1) is 5.92 Å². The Morgan fingerprint density at radius 1 is 1.33 bits per heavy atom. The Morgan fingerprint density at radius 3 is 2.00 bits per heavy atom. The van der Waals surface area contributed by atoms with Gasteiger partial charge in [-0.3, -0.25) is 4.79 Å². The average Bonchev–Trinajstić information content (AvgIpc) is 2.12. The molecule has 0 saturated heterocycles. The molecule has 0 aromatic rings. The molecule has 0 unspecified atom stereocenters. The predicted octanol–water partition coefficient (Wildman–Crippen LogP) is 0.345. The van der Waals surface area contributed by atoms with Gasteiger partial charge in [0.25, 0.3) is 0 Å². The van der Waals surface area contributed by atoms with E-state index in [1.807, 2.05) is 0 Å². The summed E-state index contributed by atoms with van der Waals surface area (Å²) < 4.78 is 0. The molecule has 0 bridgehead atoms. The lowest BCUT2D eigenvalue weighted by Crippen LogP contribution is -2.07. The van der Waals surface area contributed by atoms with Crippen LogP contribution >= 0.6 is 0 Å². The Bertz CT molecular complexity index is 97.2.